The Labute approximate surface area is 220 Å². The minimum atomic E-state index is -0.540. The Kier molecular flexibility index (Phi) is 8.34. The standard InChI is InChI=1S/C30H38N4O3/c1-21(2)30(36)34-22(3)18-33(19-24-10-14-26(15-11-24)32(4)5)20-27(34)29(35)31-17-23-8-12-25(13-9-23)28-7-6-16-37-28/h6-16,21-22,27H,17-20H2,1-5H3,(H,31,35). The van der Waals surface area contributed by atoms with Gasteiger partial charge >= 0.3 is 0 Å². The summed E-state index contributed by atoms with van der Waals surface area (Å²) in [5.41, 5.74) is 4.33. The molecule has 1 aliphatic rings. The van der Waals surface area contributed by atoms with Crippen LogP contribution in [0.1, 0.15) is 31.9 Å². The van der Waals surface area contributed by atoms with Gasteiger partial charge in [-0.25, -0.2) is 0 Å². The van der Waals surface area contributed by atoms with E-state index in [-0.39, 0.29) is 23.8 Å². The molecule has 2 aromatic carbocycles. The van der Waals surface area contributed by atoms with Crippen molar-refractivity contribution >= 4 is 17.5 Å². The van der Waals surface area contributed by atoms with Crippen molar-refractivity contribution in [2.45, 2.75) is 45.9 Å². The number of furan rings is 1. The maximum Gasteiger partial charge on any atom is 0.244 e. The molecular formula is C30H38N4O3. The van der Waals surface area contributed by atoms with E-state index >= 15 is 0 Å². The fourth-order valence-corrected chi connectivity index (χ4v) is 4.88. The quantitative estimate of drug-likeness (QED) is 0.495. The van der Waals surface area contributed by atoms with Crippen LogP contribution in [0, 0.1) is 5.92 Å². The molecule has 2 heterocycles. The first-order valence-electron chi connectivity index (χ1n) is 12.9. The molecule has 0 radical (unpaired) electrons. The van der Waals surface area contributed by atoms with E-state index in [1.54, 1.807) is 11.2 Å². The number of benzene rings is 2. The van der Waals surface area contributed by atoms with Gasteiger partial charge in [-0.15, -0.1) is 0 Å². The van der Waals surface area contributed by atoms with Crippen LogP contribution in [0.4, 0.5) is 5.69 Å². The van der Waals surface area contributed by atoms with E-state index in [0.29, 0.717) is 13.1 Å². The Balaban J connectivity index is 1.45. The van der Waals surface area contributed by atoms with E-state index in [9.17, 15) is 9.59 Å². The Bertz CT molecular complexity index is 1170. The van der Waals surface area contributed by atoms with E-state index in [4.69, 9.17) is 4.42 Å². The zero-order valence-electron chi connectivity index (χ0n) is 22.5. The smallest absolute Gasteiger partial charge is 0.244 e. The first-order valence-corrected chi connectivity index (χ1v) is 12.9. The van der Waals surface area contributed by atoms with Gasteiger partial charge in [-0.1, -0.05) is 50.2 Å². The highest BCUT2D eigenvalue weighted by molar-refractivity contribution is 5.89. The summed E-state index contributed by atoms with van der Waals surface area (Å²) in [5, 5.41) is 3.08. The number of carbonyl (C=O) groups excluding carboxylic acids is 2. The number of carbonyl (C=O) groups is 2. The van der Waals surface area contributed by atoms with Gasteiger partial charge in [0.1, 0.15) is 11.8 Å². The number of rotatable bonds is 8. The molecule has 3 aromatic rings. The molecule has 0 saturated carbocycles. The highest BCUT2D eigenvalue weighted by Gasteiger charge is 2.39. The number of nitrogens with zero attached hydrogens (tertiary/aromatic N) is 3. The molecule has 1 fully saturated rings. The van der Waals surface area contributed by atoms with Crippen molar-refractivity contribution in [3.05, 3.63) is 78.1 Å². The van der Waals surface area contributed by atoms with Gasteiger partial charge in [0.15, 0.2) is 0 Å². The zero-order valence-corrected chi connectivity index (χ0v) is 22.5. The summed E-state index contributed by atoms with van der Waals surface area (Å²) >= 11 is 0. The van der Waals surface area contributed by atoms with Gasteiger partial charge in [0, 0.05) is 63.5 Å². The van der Waals surface area contributed by atoms with Crippen LogP contribution in [0.3, 0.4) is 0 Å². The molecule has 0 bridgehead atoms. The maximum atomic E-state index is 13.5. The number of nitrogens with one attached hydrogen (secondary N) is 1. The van der Waals surface area contributed by atoms with Crippen LogP contribution < -0.4 is 10.2 Å². The molecule has 37 heavy (non-hydrogen) atoms. The normalized spacial score (nSPS) is 18.2. The molecule has 1 aromatic heterocycles. The summed E-state index contributed by atoms with van der Waals surface area (Å²) < 4.78 is 5.46. The van der Waals surface area contributed by atoms with Crippen molar-refractivity contribution in [1.82, 2.24) is 15.1 Å². The van der Waals surface area contributed by atoms with Crippen LogP contribution in [0.15, 0.2) is 71.3 Å². The third-order valence-electron chi connectivity index (χ3n) is 6.90. The number of hydrogen-bond donors (Lipinski definition) is 1. The molecule has 0 spiro atoms. The molecule has 7 heteroatoms. The largest absolute Gasteiger partial charge is 0.464 e. The van der Waals surface area contributed by atoms with Gasteiger partial charge in [0.25, 0.3) is 0 Å². The summed E-state index contributed by atoms with van der Waals surface area (Å²) in [6.07, 6.45) is 1.65. The molecular weight excluding hydrogens is 464 g/mol. The van der Waals surface area contributed by atoms with Gasteiger partial charge in [0.2, 0.25) is 11.8 Å². The van der Waals surface area contributed by atoms with Gasteiger partial charge < -0.3 is 19.5 Å². The molecule has 2 unspecified atom stereocenters. The Morgan fingerprint density at radius 3 is 2.27 bits per heavy atom. The number of anilines is 1. The van der Waals surface area contributed by atoms with Crippen molar-refractivity contribution in [3.63, 3.8) is 0 Å². The van der Waals surface area contributed by atoms with Crippen LogP contribution >= 0.6 is 0 Å². The number of amides is 2. The second-order valence-electron chi connectivity index (χ2n) is 10.4. The lowest BCUT2D eigenvalue weighted by Gasteiger charge is -2.45. The number of hydrogen-bond acceptors (Lipinski definition) is 5. The van der Waals surface area contributed by atoms with Crippen molar-refractivity contribution in [2.75, 3.05) is 32.1 Å². The predicted molar refractivity (Wildman–Crippen MR) is 147 cm³/mol. The molecule has 0 aliphatic carbocycles. The SMILES string of the molecule is CC(C)C(=O)N1C(C)CN(Cc2ccc(N(C)C)cc2)CC1C(=O)NCc1ccc(-c2ccco2)cc1. The van der Waals surface area contributed by atoms with E-state index in [1.165, 1.54) is 5.56 Å². The second kappa shape index (κ2) is 11.6. The minimum absolute atomic E-state index is 0.0189. The zero-order chi connectivity index (χ0) is 26.5. The molecule has 196 valence electrons. The first kappa shape index (κ1) is 26.5. The molecule has 1 saturated heterocycles. The summed E-state index contributed by atoms with van der Waals surface area (Å²) in [5.74, 6) is 0.539. The molecule has 4 rings (SSSR count). The van der Waals surface area contributed by atoms with Gasteiger partial charge in [-0.05, 0) is 42.3 Å². The van der Waals surface area contributed by atoms with Crippen molar-refractivity contribution in [3.8, 4) is 11.3 Å². The highest BCUT2D eigenvalue weighted by atomic mass is 16.3. The van der Waals surface area contributed by atoms with Crippen LogP contribution in [0.5, 0.6) is 0 Å². The third-order valence-corrected chi connectivity index (χ3v) is 6.90. The molecule has 2 amide bonds. The van der Waals surface area contributed by atoms with Crippen molar-refractivity contribution in [1.29, 1.82) is 0 Å². The Morgan fingerprint density at radius 2 is 1.68 bits per heavy atom. The van der Waals surface area contributed by atoms with Crippen molar-refractivity contribution < 1.29 is 14.0 Å². The van der Waals surface area contributed by atoms with Crippen LogP contribution in [0.2, 0.25) is 0 Å². The molecule has 7 nitrogen and oxygen atoms in total. The lowest BCUT2D eigenvalue weighted by atomic mass is 10.0. The fraction of sp³-hybridized carbons (Fsp3) is 0.400. The molecule has 2 atom stereocenters. The van der Waals surface area contributed by atoms with Crippen LogP contribution in [0.25, 0.3) is 11.3 Å². The lowest BCUT2D eigenvalue weighted by Crippen LogP contribution is -2.64. The van der Waals surface area contributed by atoms with Crippen LogP contribution in [-0.2, 0) is 22.7 Å². The molecule has 1 N–H and O–H groups in total. The fourth-order valence-electron chi connectivity index (χ4n) is 4.88. The Morgan fingerprint density at radius 1 is 1.00 bits per heavy atom. The average molecular weight is 503 g/mol. The second-order valence-corrected chi connectivity index (χ2v) is 10.4. The highest BCUT2D eigenvalue weighted by Crippen LogP contribution is 2.23. The lowest BCUT2D eigenvalue weighted by molar-refractivity contribution is -0.150. The topological polar surface area (TPSA) is 69.0 Å². The van der Waals surface area contributed by atoms with Crippen molar-refractivity contribution in [2.24, 2.45) is 5.92 Å². The summed E-state index contributed by atoms with van der Waals surface area (Å²) in [7, 11) is 4.05. The summed E-state index contributed by atoms with van der Waals surface area (Å²) in [4.78, 5) is 32.8. The predicted octanol–water partition coefficient (Wildman–Crippen LogP) is 4.39. The van der Waals surface area contributed by atoms with Gasteiger partial charge in [0.05, 0.1) is 6.26 Å². The Hall–Kier alpha value is -3.58. The monoisotopic (exact) mass is 502 g/mol. The maximum absolute atomic E-state index is 13.5. The van der Waals surface area contributed by atoms with Crippen LogP contribution in [-0.4, -0.2) is 60.9 Å². The minimum Gasteiger partial charge on any atom is -0.464 e. The van der Waals surface area contributed by atoms with Gasteiger partial charge in [-0.2, -0.15) is 0 Å². The van der Waals surface area contributed by atoms with E-state index in [0.717, 1.165) is 35.7 Å². The summed E-state index contributed by atoms with van der Waals surface area (Å²) in [6, 6.07) is 19.6. The number of piperazine rings is 1. The van der Waals surface area contributed by atoms with E-state index in [2.05, 4.69) is 39.4 Å². The first-order chi connectivity index (χ1) is 17.7. The van der Waals surface area contributed by atoms with E-state index in [1.807, 2.05) is 71.3 Å². The summed E-state index contributed by atoms with van der Waals surface area (Å²) in [6.45, 7) is 8.19. The average Bonchev–Trinajstić information content (AvgIpc) is 3.42. The van der Waals surface area contributed by atoms with Gasteiger partial charge in [-0.3, -0.25) is 14.5 Å². The third kappa shape index (κ3) is 6.41. The molecule has 1 aliphatic heterocycles. The van der Waals surface area contributed by atoms with E-state index < -0.39 is 6.04 Å².